The second-order valence-corrected chi connectivity index (χ2v) is 8.95. The smallest absolute Gasteiger partial charge is 0.253 e. The molecule has 4 aromatic rings. The zero-order valence-electron chi connectivity index (χ0n) is 18.0. The molecule has 1 amide bonds. The predicted octanol–water partition coefficient (Wildman–Crippen LogP) is 4.02. The molecule has 1 heterocycles. The van der Waals surface area contributed by atoms with E-state index >= 15 is 4.39 Å². The molecule has 34 heavy (non-hydrogen) atoms. The molecule has 176 valence electrons. The number of rotatable bonds is 7. The molecule has 0 bridgehead atoms. The molecule has 4 rings (SSSR count). The number of hydrogen-bond donors (Lipinski definition) is 4. The molecule has 1 aromatic heterocycles. The molecule has 3 aromatic carbocycles. The van der Waals surface area contributed by atoms with Crippen molar-refractivity contribution in [3.05, 3.63) is 87.3 Å². The van der Waals surface area contributed by atoms with Crippen LogP contribution in [0.25, 0.3) is 11.0 Å². The van der Waals surface area contributed by atoms with Gasteiger partial charge in [-0.2, -0.15) is 0 Å². The summed E-state index contributed by atoms with van der Waals surface area (Å²) in [5.74, 6) is -2.21. The Balaban J connectivity index is 1.74. The van der Waals surface area contributed by atoms with Gasteiger partial charge in [0, 0.05) is 10.6 Å². The van der Waals surface area contributed by atoms with E-state index < -0.39 is 36.3 Å². The molecular weight excluding hydrogens is 557 g/mol. The van der Waals surface area contributed by atoms with Gasteiger partial charge in [0.1, 0.15) is 17.4 Å². The molecule has 0 saturated carbocycles. The Bertz CT molecular complexity index is 1350. The Morgan fingerprint density at radius 2 is 1.91 bits per heavy atom. The van der Waals surface area contributed by atoms with Crippen LogP contribution in [0.3, 0.4) is 0 Å². The Morgan fingerprint density at radius 3 is 2.59 bits per heavy atom. The van der Waals surface area contributed by atoms with E-state index in [1.807, 2.05) is 22.6 Å². The molecule has 0 fully saturated rings. The minimum Gasteiger partial charge on any atom is -0.394 e. The van der Waals surface area contributed by atoms with Crippen LogP contribution in [0.5, 0.6) is 0 Å². The number of aliphatic hydroxyl groups excluding tert-OH is 2. The SMILES string of the molecule is Cn1cnc2c(F)c(Nc3ccc(I)cc3F)c(C(=O)NC(CO)[C@@H](O)c3ccccc3)cc21. The quantitative estimate of drug-likeness (QED) is 0.249. The summed E-state index contributed by atoms with van der Waals surface area (Å²) in [5.41, 5.74) is 0.428. The summed E-state index contributed by atoms with van der Waals surface area (Å²) in [6.07, 6.45) is 0.200. The van der Waals surface area contributed by atoms with Crippen molar-refractivity contribution >= 4 is 50.9 Å². The summed E-state index contributed by atoms with van der Waals surface area (Å²) >= 11 is 1.95. The molecular formula is C24H21F2IN4O3. The lowest BCUT2D eigenvalue weighted by molar-refractivity contribution is 0.0703. The highest BCUT2D eigenvalue weighted by Crippen LogP contribution is 2.32. The molecule has 0 aliphatic rings. The first-order chi connectivity index (χ1) is 16.3. The van der Waals surface area contributed by atoms with Crippen LogP contribution in [0.15, 0.2) is 60.9 Å². The number of amides is 1. The molecule has 0 radical (unpaired) electrons. The summed E-state index contributed by atoms with van der Waals surface area (Å²) in [5, 5.41) is 25.7. The van der Waals surface area contributed by atoms with Gasteiger partial charge in [-0.1, -0.05) is 30.3 Å². The molecule has 10 heteroatoms. The van der Waals surface area contributed by atoms with E-state index in [1.54, 1.807) is 48.0 Å². The zero-order chi connectivity index (χ0) is 24.4. The number of carbonyl (C=O) groups excluding carboxylic acids is 1. The highest BCUT2D eigenvalue weighted by molar-refractivity contribution is 14.1. The first-order valence-corrected chi connectivity index (χ1v) is 11.4. The minimum absolute atomic E-state index is 0.00972. The molecule has 7 nitrogen and oxygen atoms in total. The van der Waals surface area contributed by atoms with E-state index in [4.69, 9.17) is 0 Å². The lowest BCUT2D eigenvalue weighted by Crippen LogP contribution is -2.42. The van der Waals surface area contributed by atoms with E-state index in [0.29, 0.717) is 14.7 Å². The van der Waals surface area contributed by atoms with Crippen molar-refractivity contribution in [3.8, 4) is 0 Å². The Kier molecular flexibility index (Phi) is 7.10. The number of anilines is 2. The third-order valence-electron chi connectivity index (χ3n) is 5.43. The first-order valence-electron chi connectivity index (χ1n) is 10.3. The molecule has 0 saturated heterocycles. The van der Waals surface area contributed by atoms with Crippen molar-refractivity contribution in [2.45, 2.75) is 12.1 Å². The summed E-state index contributed by atoms with van der Waals surface area (Å²) < 4.78 is 32.2. The number of imidazole rings is 1. The molecule has 2 atom stereocenters. The maximum Gasteiger partial charge on any atom is 0.253 e. The van der Waals surface area contributed by atoms with Gasteiger partial charge in [0.05, 0.1) is 41.4 Å². The number of hydrogen-bond acceptors (Lipinski definition) is 5. The minimum atomic E-state index is -1.20. The van der Waals surface area contributed by atoms with Crippen LogP contribution in [-0.4, -0.2) is 38.3 Å². The first kappa shape index (κ1) is 24.0. The van der Waals surface area contributed by atoms with Crippen LogP contribution >= 0.6 is 22.6 Å². The molecule has 0 aliphatic heterocycles. The zero-order valence-corrected chi connectivity index (χ0v) is 20.1. The average Bonchev–Trinajstić information content (AvgIpc) is 3.21. The van der Waals surface area contributed by atoms with E-state index in [1.165, 1.54) is 24.5 Å². The van der Waals surface area contributed by atoms with Crippen LogP contribution in [0.4, 0.5) is 20.2 Å². The van der Waals surface area contributed by atoms with Gasteiger partial charge >= 0.3 is 0 Å². The van der Waals surface area contributed by atoms with Gasteiger partial charge in [0.2, 0.25) is 0 Å². The van der Waals surface area contributed by atoms with Crippen molar-refractivity contribution in [2.75, 3.05) is 11.9 Å². The largest absolute Gasteiger partial charge is 0.394 e. The number of nitrogens with one attached hydrogen (secondary N) is 2. The number of aromatic nitrogens is 2. The highest BCUT2D eigenvalue weighted by Gasteiger charge is 2.27. The number of nitrogens with zero attached hydrogens (tertiary/aromatic N) is 2. The Hall–Kier alpha value is -3.09. The number of aryl methyl sites for hydroxylation is 1. The second-order valence-electron chi connectivity index (χ2n) is 7.70. The average molecular weight is 578 g/mol. The van der Waals surface area contributed by atoms with Gasteiger partial charge in [-0.3, -0.25) is 4.79 Å². The summed E-state index contributed by atoms with van der Waals surface area (Å²) in [4.78, 5) is 17.3. The lowest BCUT2D eigenvalue weighted by Gasteiger charge is -2.23. The van der Waals surface area contributed by atoms with Crippen LogP contribution in [-0.2, 0) is 7.05 Å². The number of aliphatic hydroxyl groups is 2. The van der Waals surface area contributed by atoms with E-state index in [2.05, 4.69) is 15.6 Å². The predicted molar refractivity (Wildman–Crippen MR) is 133 cm³/mol. The van der Waals surface area contributed by atoms with E-state index in [0.717, 1.165) is 0 Å². The van der Waals surface area contributed by atoms with Crippen molar-refractivity contribution in [1.82, 2.24) is 14.9 Å². The molecule has 1 unspecified atom stereocenters. The fourth-order valence-electron chi connectivity index (χ4n) is 3.60. The van der Waals surface area contributed by atoms with Crippen molar-refractivity contribution in [1.29, 1.82) is 0 Å². The number of benzene rings is 3. The monoisotopic (exact) mass is 578 g/mol. The van der Waals surface area contributed by atoms with Crippen LogP contribution in [0.2, 0.25) is 0 Å². The number of halogens is 3. The summed E-state index contributed by atoms with van der Waals surface area (Å²) in [7, 11) is 1.65. The van der Waals surface area contributed by atoms with Crippen molar-refractivity contribution in [2.24, 2.45) is 7.05 Å². The normalized spacial score (nSPS) is 13.0. The van der Waals surface area contributed by atoms with Crippen molar-refractivity contribution < 1.29 is 23.8 Å². The van der Waals surface area contributed by atoms with E-state index in [9.17, 15) is 19.4 Å². The lowest BCUT2D eigenvalue weighted by atomic mass is 10.0. The van der Waals surface area contributed by atoms with Crippen LogP contribution in [0.1, 0.15) is 22.0 Å². The standard InChI is InChI=1S/C24H21F2IN4O3/c1-31-12-28-22-19(31)10-15(21(20(22)26)29-17-8-7-14(27)9-16(17)25)24(34)30-18(11-32)23(33)13-5-3-2-4-6-13/h2-10,12,18,23,29,32-33H,11H2,1H3,(H,30,34)/t18?,23-/m0/s1. The third-order valence-corrected chi connectivity index (χ3v) is 6.10. The van der Waals surface area contributed by atoms with Gasteiger partial charge in [0.25, 0.3) is 5.91 Å². The number of carbonyl (C=O) groups is 1. The molecule has 0 spiro atoms. The summed E-state index contributed by atoms with van der Waals surface area (Å²) in [6.45, 7) is -0.563. The topological polar surface area (TPSA) is 99.4 Å². The Morgan fingerprint density at radius 1 is 1.18 bits per heavy atom. The van der Waals surface area contributed by atoms with Gasteiger partial charge in [0.15, 0.2) is 5.82 Å². The van der Waals surface area contributed by atoms with Gasteiger partial charge in [-0.25, -0.2) is 13.8 Å². The van der Waals surface area contributed by atoms with Crippen molar-refractivity contribution in [3.63, 3.8) is 0 Å². The van der Waals surface area contributed by atoms with Gasteiger partial charge in [-0.15, -0.1) is 0 Å². The third kappa shape index (κ3) is 4.74. The fraction of sp³-hybridized carbons (Fsp3) is 0.167. The van der Waals surface area contributed by atoms with E-state index in [-0.39, 0.29) is 22.5 Å². The van der Waals surface area contributed by atoms with Gasteiger partial charge in [-0.05, 0) is 52.4 Å². The maximum atomic E-state index is 15.5. The maximum absolute atomic E-state index is 15.5. The molecule has 4 N–H and O–H groups in total. The fourth-order valence-corrected chi connectivity index (χ4v) is 4.06. The molecule has 0 aliphatic carbocycles. The summed E-state index contributed by atoms with van der Waals surface area (Å²) in [6, 6.07) is 13.3. The highest BCUT2D eigenvalue weighted by atomic mass is 127. The second kappa shape index (κ2) is 10.0. The van der Waals surface area contributed by atoms with Gasteiger partial charge < -0.3 is 25.4 Å². The Labute approximate surface area is 207 Å². The number of fused-ring (bicyclic) bond motifs is 1. The van der Waals surface area contributed by atoms with Crippen LogP contribution in [0, 0.1) is 15.2 Å². The van der Waals surface area contributed by atoms with Crippen LogP contribution < -0.4 is 10.6 Å².